The number of alkyl halides is 3. The van der Waals surface area contributed by atoms with Gasteiger partial charge in [0.1, 0.15) is 5.82 Å². The van der Waals surface area contributed by atoms with Crippen molar-refractivity contribution in [3.05, 3.63) is 36.0 Å². The number of aliphatic carboxylic acids is 1. The number of rotatable bonds is 2. The van der Waals surface area contributed by atoms with Crippen molar-refractivity contribution in [3.8, 4) is 0 Å². The number of fused-ring (bicyclic) bond motifs is 1. The number of hydrogen-bond donors (Lipinski definition) is 1. The van der Waals surface area contributed by atoms with Gasteiger partial charge in [0.15, 0.2) is 0 Å². The van der Waals surface area contributed by atoms with E-state index in [9.17, 15) is 18.0 Å². The molecule has 4 rings (SSSR count). The predicted octanol–water partition coefficient (Wildman–Crippen LogP) is 2.49. The minimum absolute atomic E-state index is 0.0466. The number of pyridine rings is 1. The van der Waals surface area contributed by atoms with Crippen molar-refractivity contribution in [3.63, 3.8) is 0 Å². The molecule has 0 spiro atoms. The van der Waals surface area contributed by atoms with E-state index in [2.05, 4.69) is 33.4 Å². The number of hydrogen-bond acceptors (Lipinski definition) is 5. The zero-order chi connectivity index (χ0) is 22.6. The van der Waals surface area contributed by atoms with Gasteiger partial charge < -0.3 is 19.3 Å². The van der Waals surface area contributed by atoms with Crippen molar-refractivity contribution in [1.82, 2.24) is 14.4 Å². The largest absolute Gasteiger partial charge is 0.490 e. The quantitative estimate of drug-likeness (QED) is 0.770. The van der Waals surface area contributed by atoms with Gasteiger partial charge in [0.05, 0.1) is 12.2 Å². The van der Waals surface area contributed by atoms with Gasteiger partial charge in [-0.1, -0.05) is 0 Å². The van der Waals surface area contributed by atoms with Crippen LogP contribution in [-0.2, 0) is 9.63 Å². The molecule has 0 radical (unpaired) electrons. The lowest BCUT2D eigenvalue weighted by Gasteiger charge is -2.33. The SMILES string of the molecule is CN1CCN(c2ccc3ccc(C(=O)N4CCCCO4)cn23)CC1.O=C(O)C(F)(F)F. The first kappa shape index (κ1) is 22.9. The first-order chi connectivity index (χ1) is 14.7. The number of nitrogens with zero attached hydrogens (tertiary/aromatic N) is 4. The number of likely N-dealkylation sites (N-methyl/N-ethyl adjacent to an activating group) is 1. The molecular formula is C20H25F3N4O4. The summed E-state index contributed by atoms with van der Waals surface area (Å²) in [6.45, 7) is 5.45. The normalized spacial score (nSPS) is 17.9. The van der Waals surface area contributed by atoms with E-state index >= 15 is 0 Å². The molecule has 4 heterocycles. The van der Waals surface area contributed by atoms with Gasteiger partial charge in [0, 0.05) is 44.4 Å². The molecule has 170 valence electrons. The molecule has 1 amide bonds. The maximum absolute atomic E-state index is 12.7. The molecule has 2 aliphatic heterocycles. The number of carboxylic acid groups (broad SMARTS) is 1. The Morgan fingerprint density at radius 2 is 1.65 bits per heavy atom. The van der Waals surface area contributed by atoms with Gasteiger partial charge in [-0.2, -0.15) is 13.2 Å². The predicted molar refractivity (Wildman–Crippen MR) is 107 cm³/mol. The molecule has 0 bridgehead atoms. The number of halogens is 3. The van der Waals surface area contributed by atoms with E-state index in [1.807, 2.05) is 18.3 Å². The van der Waals surface area contributed by atoms with E-state index in [0.717, 1.165) is 50.4 Å². The Kier molecular flexibility index (Phi) is 7.06. The monoisotopic (exact) mass is 442 g/mol. The first-order valence-electron chi connectivity index (χ1n) is 9.96. The molecule has 8 nitrogen and oxygen atoms in total. The van der Waals surface area contributed by atoms with Crippen LogP contribution in [0.2, 0.25) is 0 Å². The summed E-state index contributed by atoms with van der Waals surface area (Å²) in [6.07, 6.45) is -1.11. The van der Waals surface area contributed by atoms with Crippen LogP contribution in [0.15, 0.2) is 30.5 Å². The second kappa shape index (κ2) is 9.56. The third kappa shape index (κ3) is 5.67. The lowest BCUT2D eigenvalue weighted by molar-refractivity contribution is -0.192. The zero-order valence-electron chi connectivity index (χ0n) is 17.1. The van der Waals surface area contributed by atoms with Gasteiger partial charge in [-0.15, -0.1) is 0 Å². The summed E-state index contributed by atoms with van der Waals surface area (Å²) < 4.78 is 33.9. The van der Waals surface area contributed by atoms with E-state index in [0.29, 0.717) is 18.7 Å². The molecule has 2 aliphatic rings. The number of amides is 1. The third-order valence-corrected chi connectivity index (χ3v) is 5.18. The Balaban J connectivity index is 0.000000339. The van der Waals surface area contributed by atoms with Crippen LogP contribution in [-0.4, -0.2) is 83.9 Å². The zero-order valence-corrected chi connectivity index (χ0v) is 17.1. The molecule has 0 aliphatic carbocycles. The Morgan fingerprint density at radius 1 is 1.00 bits per heavy atom. The van der Waals surface area contributed by atoms with E-state index in [1.165, 1.54) is 5.06 Å². The standard InChI is InChI=1S/C18H24N4O2.C2HF3O2/c1-19-9-11-20(12-10-19)17-7-6-16-5-4-15(14-21(16)17)18(23)22-8-2-3-13-24-22;3-2(4,5)1(6)7/h4-7,14H,2-3,8-13H2,1H3;(H,6,7). The molecule has 1 N–H and O–H groups in total. The highest BCUT2D eigenvalue weighted by atomic mass is 19.4. The molecule has 2 saturated heterocycles. The van der Waals surface area contributed by atoms with Crippen molar-refractivity contribution in [2.24, 2.45) is 0 Å². The van der Waals surface area contributed by atoms with Crippen LogP contribution in [0.25, 0.3) is 5.52 Å². The lowest BCUT2D eigenvalue weighted by atomic mass is 10.2. The van der Waals surface area contributed by atoms with E-state index in [-0.39, 0.29) is 5.91 Å². The van der Waals surface area contributed by atoms with Crippen LogP contribution in [0, 0.1) is 0 Å². The van der Waals surface area contributed by atoms with Crippen LogP contribution >= 0.6 is 0 Å². The maximum atomic E-state index is 12.7. The summed E-state index contributed by atoms with van der Waals surface area (Å²) in [4.78, 5) is 31.8. The Morgan fingerprint density at radius 3 is 2.23 bits per heavy atom. The molecule has 2 aromatic heterocycles. The molecule has 31 heavy (non-hydrogen) atoms. The molecule has 0 atom stereocenters. The highest BCUT2D eigenvalue weighted by molar-refractivity contribution is 5.93. The minimum atomic E-state index is -5.08. The molecule has 2 fully saturated rings. The smallest absolute Gasteiger partial charge is 0.475 e. The average molecular weight is 442 g/mol. The summed E-state index contributed by atoms with van der Waals surface area (Å²) in [7, 11) is 2.16. The van der Waals surface area contributed by atoms with Gasteiger partial charge in [0.2, 0.25) is 0 Å². The van der Waals surface area contributed by atoms with E-state index < -0.39 is 12.1 Å². The fourth-order valence-electron chi connectivity index (χ4n) is 3.41. The van der Waals surface area contributed by atoms with Crippen LogP contribution in [0.1, 0.15) is 23.2 Å². The van der Waals surface area contributed by atoms with Gasteiger partial charge in [-0.25, -0.2) is 9.86 Å². The molecule has 2 aromatic rings. The van der Waals surface area contributed by atoms with Crippen molar-refractivity contribution >= 4 is 23.2 Å². The number of carboxylic acids is 1. The molecule has 11 heteroatoms. The number of aromatic nitrogens is 1. The van der Waals surface area contributed by atoms with Gasteiger partial charge in [-0.05, 0) is 44.2 Å². The lowest BCUT2D eigenvalue weighted by Crippen LogP contribution is -2.44. The summed E-state index contributed by atoms with van der Waals surface area (Å²) in [5.41, 5.74) is 1.79. The van der Waals surface area contributed by atoms with Crippen LogP contribution in [0.3, 0.4) is 0 Å². The number of carbonyl (C=O) groups is 2. The minimum Gasteiger partial charge on any atom is -0.475 e. The molecule has 0 saturated carbocycles. The molecule has 0 aromatic carbocycles. The first-order valence-corrected chi connectivity index (χ1v) is 9.96. The molecular weight excluding hydrogens is 417 g/mol. The van der Waals surface area contributed by atoms with Gasteiger partial charge in [0.25, 0.3) is 5.91 Å². The maximum Gasteiger partial charge on any atom is 0.490 e. The fraction of sp³-hybridized carbons (Fsp3) is 0.500. The van der Waals surface area contributed by atoms with Crippen molar-refractivity contribution in [1.29, 1.82) is 0 Å². The molecule has 0 unspecified atom stereocenters. The van der Waals surface area contributed by atoms with Crippen molar-refractivity contribution in [2.45, 2.75) is 19.0 Å². The Labute approximate surface area is 177 Å². The third-order valence-electron chi connectivity index (χ3n) is 5.18. The highest BCUT2D eigenvalue weighted by Gasteiger charge is 2.38. The fourth-order valence-corrected chi connectivity index (χ4v) is 3.41. The Hall–Kier alpha value is -2.79. The van der Waals surface area contributed by atoms with E-state index in [1.54, 1.807) is 0 Å². The summed E-state index contributed by atoms with van der Waals surface area (Å²) in [6, 6.07) is 8.16. The average Bonchev–Trinajstić information content (AvgIpc) is 3.17. The second-order valence-electron chi connectivity index (χ2n) is 7.45. The van der Waals surface area contributed by atoms with Crippen molar-refractivity contribution in [2.75, 3.05) is 51.3 Å². The second-order valence-corrected chi connectivity index (χ2v) is 7.45. The van der Waals surface area contributed by atoms with Gasteiger partial charge in [-0.3, -0.25) is 9.63 Å². The van der Waals surface area contributed by atoms with Crippen LogP contribution < -0.4 is 4.90 Å². The number of carbonyl (C=O) groups excluding carboxylic acids is 1. The summed E-state index contributed by atoms with van der Waals surface area (Å²) >= 11 is 0. The Bertz CT molecular complexity index is 917. The highest BCUT2D eigenvalue weighted by Crippen LogP contribution is 2.22. The topological polar surface area (TPSA) is 77.7 Å². The summed E-state index contributed by atoms with van der Waals surface area (Å²) in [5, 5.41) is 8.63. The number of hydroxylamine groups is 2. The number of piperazine rings is 1. The van der Waals surface area contributed by atoms with Crippen LogP contribution in [0.5, 0.6) is 0 Å². The number of anilines is 1. The van der Waals surface area contributed by atoms with Gasteiger partial charge >= 0.3 is 12.1 Å². The summed E-state index contributed by atoms with van der Waals surface area (Å²) in [5.74, 6) is -1.64. The van der Waals surface area contributed by atoms with Crippen LogP contribution in [0.4, 0.5) is 19.0 Å². The van der Waals surface area contributed by atoms with E-state index in [4.69, 9.17) is 14.7 Å². The van der Waals surface area contributed by atoms with Crippen molar-refractivity contribution < 1.29 is 32.7 Å².